The predicted molar refractivity (Wildman–Crippen MR) is 248 cm³/mol. The Bertz CT molecular complexity index is 2790. The van der Waals surface area contributed by atoms with Crippen LogP contribution in [0.4, 0.5) is 0 Å². The van der Waals surface area contributed by atoms with Crippen LogP contribution in [0, 0.1) is 0 Å². The van der Waals surface area contributed by atoms with Crippen molar-refractivity contribution in [3.8, 4) is 34.5 Å². The van der Waals surface area contributed by atoms with Gasteiger partial charge < -0.3 is 0 Å². The van der Waals surface area contributed by atoms with Gasteiger partial charge in [-0.15, -0.1) is 0 Å². The third-order valence-electron chi connectivity index (χ3n) is 11.2. The maximum atomic E-state index is 15.7. The second-order valence-electron chi connectivity index (χ2n) is 14.9. The molecule has 2 amide bonds. The topological polar surface area (TPSA) is 102 Å². The number of amides is 2. The predicted octanol–water partition coefficient (Wildman–Crippen LogP) is 13.9. The maximum absolute atomic E-state index is 15.7. The zero-order valence-corrected chi connectivity index (χ0v) is 40.2. The summed E-state index contributed by atoms with van der Waals surface area (Å²) < 4.78 is 47.1. The van der Waals surface area contributed by atoms with E-state index in [1.807, 2.05) is 24.3 Å². The molecule has 0 saturated carbocycles. The van der Waals surface area contributed by atoms with E-state index >= 15 is 9.59 Å². The summed E-state index contributed by atoms with van der Waals surface area (Å²) in [5.74, 6) is -1.41. The van der Waals surface area contributed by atoms with Gasteiger partial charge in [0.25, 0.3) is 0 Å². The third kappa shape index (κ3) is 5.32. The molecule has 62 heavy (non-hydrogen) atoms. The second kappa shape index (κ2) is 14.1. The van der Waals surface area contributed by atoms with E-state index in [0.717, 1.165) is 10.8 Å². The van der Waals surface area contributed by atoms with Gasteiger partial charge in [0.15, 0.2) is 0 Å². The Labute approximate surface area is 393 Å². The number of nitrogens with zero attached hydrogens (tertiary/aromatic N) is 4. The Kier molecular flexibility index (Phi) is 9.69. The zero-order chi connectivity index (χ0) is 44.0. The van der Waals surface area contributed by atoms with Crippen molar-refractivity contribution in [2.75, 3.05) is 41.3 Å². The Morgan fingerprint density at radius 3 is 1.05 bits per heavy atom. The minimum atomic E-state index is -5.35. The van der Waals surface area contributed by atoms with Crippen LogP contribution in [0.3, 0.4) is 0 Å². The van der Waals surface area contributed by atoms with Crippen molar-refractivity contribution in [1.82, 2.24) is 18.7 Å². The molecule has 22 heteroatoms. The molecule has 10 rings (SSSR count). The Balaban J connectivity index is 1.21. The number of hydrogen-bond acceptors (Lipinski definition) is 10. The summed E-state index contributed by atoms with van der Waals surface area (Å²) in [5, 5.41) is 1.60. The molecule has 0 saturated heterocycles. The van der Waals surface area contributed by atoms with Crippen LogP contribution in [0.15, 0.2) is 72.8 Å². The summed E-state index contributed by atoms with van der Waals surface area (Å²) in [6.07, 6.45) is 0. The molecule has 0 N–H and O–H groups in total. The van der Waals surface area contributed by atoms with E-state index in [-0.39, 0.29) is 85.8 Å². The molecule has 0 fully saturated rings. The van der Waals surface area contributed by atoms with Gasteiger partial charge in [0.05, 0.1) is 0 Å². The number of carbonyl (C=O) groups is 2. The molecule has 0 unspecified atom stereocenters. The van der Waals surface area contributed by atoms with Crippen LogP contribution in [-0.2, 0) is 0 Å². The van der Waals surface area contributed by atoms with E-state index in [1.54, 1.807) is 76.7 Å². The van der Waals surface area contributed by atoms with E-state index in [1.165, 1.54) is 18.7 Å². The van der Waals surface area contributed by atoms with E-state index in [9.17, 15) is 0 Å². The van der Waals surface area contributed by atoms with Crippen LogP contribution in [0.2, 0.25) is 40.2 Å². The van der Waals surface area contributed by atoms with E-state index in [2.05, 4.69) is 0 Å². The molecule has 6 aromatic carbocycles. The van der Waals surface area contributed by atoms with Crippen LogP contribution < -0.4 is 27.1 Å². The first-order chi connectivity index (χ1) is 29.4. The molecule has 2 spiro atoms. The number of benzene rings is 6. The van der Waals surface area contributed by atoms with Gasteiger partial charge in [-0.3, -0.25) is 0 Å². The Morgan fingerprint density at radius 1 is 0.435 bits per heavy atom. The molecular weight excluding hydrogens is 1010 g/mol. The number of carbonyl (C=O) groups excluding carboxylic acids is 2. The number of halogens is 8. The Morgan fingerprint density at radius 2 is 0.742 bits per heavy atom. The van der Waals surface area contributed by atoms with Crippen LogP contribution >= 0.6 is 108 Å². The fourth-order valence-electron chi connectivity index (χ4n) is 8.18. The van der Waals surface area contributed by atoms with Gasteiger partial charge in [0, 0.05) is 0 Å². The quantitative estimate of drug-likeness (QED) is 0.0942. The molecule has 4 aliphatic rings. The SMILES string of the molecule is CN(C)P12(Oc3ccc4ccccc4c3C(=O)N1CCN1C(=O)c3c(ccc4ccccc34)OP13(N(C)C)Oc1c(Cl)c(Cl)c(Cl)c(Cl)c1O3)Oc1c(Cl)c(Cl)c(Cl)c(Cl)c1O2. The van der Waals surface area contributed by atoms with Crippen molar-refractivity contribution >= 4 is 141 Å². The molecular formula is C40H28Cl8N4O8P2. The standard InChI is InChI=1S/C40H28Cl8N4O8P2/c1-49(2)61(57-35-31(45)27(41)28(42)32(46)36(35)58-61)51(39(53)25-21-11-7-5-9-19(21)13-15-23(25)55-61)17-18-52-40(54)26-22-12-8-6-10-20(22)14-16-24(26)56-62(52,50(3)4)59-37-33(47)29(43)30(44)34(48)38(37)60-62/h5-16H,17-18H2,1-4H3. The molecule has 12 nitrogen and oxygen atoms in total. The average Bonchev–Trinajstić information content (AvgIpc) is 3.81. The number of hydrogen-bond donors (Lipinski definition) is 0. The van der Waals surface area contributed by atoms with E-state index < -0.39 is 40.1 Å². The normalized spacial score (nSPS) is 19.6. The van der Waals surface area contributed by atoms with Crippen molar-refractivity contribution in [3.63, 3.8) is 0 Å². The van der Waals surface area contributed by atoms with Crippen molar-refractivity contribution in [2.24, 2.45) is 0 Å². The monoisotopic (exact) mass is 1030 g/mol. The van der Waals surface area contributed by atoms with Crippen molar-refractivity contribution in [1.29, 1.82) is 0 Å². The van der Waals surface area contributed by atoms with Gasteiger partial charge in [0.1, 0.15) is 0 Å². The number of fused-ring (bicyclic) bond motifs is 8. The molecule has 322 valence electrons. The van der Waals surface area contributed by atoms with Crippen molar-refractivity contribution in [3.05, 3.63) is 124 Å². The average molecular weight is 1040 g/mol. The van der Waals surface area contributed by atoms with Crippen molar-refractivity contribution in [2.45, 2.75) is 0 Å². The summed E-state index contributed by atoms with van der Waals surface area (Å²) in [6.45, 7) is -0.815. The van der Waals surface area contributed by atoms with Gasteiger partial charge in [-0.05, 0) is 0 Å². The fraction of sp³-hybridized carbons (Fsp3) is 0.150. The van der Waals surface area contributed by atoms with E-state index in [0.29, 0.717) is 10.8 Å². The Hall–Kier alpha value is -3.32. The first-order valence-electron chi connectivity index (χ1n) is 18.4. The number of rotatable bonds is 5. The summed E-state index contributed by atoms with van der Waals surface area (Å²) in [4.78, 5) is 31.3. The van der Waals surface area contributed by atoms with Gasteiger partial charge in [-0.1, -0.05) is 0 Å². The molecule has 0 atom stereocenters. The van der Waals surface area contributed by atoms with Gasteiger partial charge in [-0.2, -0.15) is 0 Å². The molecule has 4 aliphatic heterocycles. The first-order valence-corrected chi connectivity index (χ1v) is 25.2. The van der Waals surface area contributed by atoms with E-state index in [4.69, 9.17) is 120 Å². The molecule has 6 aromatic rings. The molecule has 0 aromatic heterocycles. The minimum absolute atomic E-state index is 0.116. The third-order valence-corrected chi connectivity index (χ3v) is 22.8. The van der Waals surface area contributed by atoms with Crippen LogP contribution in [0.1, 0.15) is 20.7 Å². The van der Waals surface area contributed by atoms with Crippen molar-refractivity contribution < 1.29 is 36.7 Å². The van der Waals surface area contributed by atoms with Crippen LogP contribution in [0.25, 0.3) is 21.5 Å². The van der Waals surface area contributed by atoms with Crippen LogP contribution in [0.5, 0.6) is 34.5 Å². The van der Waals surface area contributed by atoms with Gasteiger partial charge in [0.2, 0.25) is 0 Å². The zero-order valence-electron chi connectivity index (χ0n) is 32.3. The fourth-order valence-corrected chi connectivity index (χ4v) is 17.4. The summed E-state index contributed by atoms with van der Waals surface area (Å²) in [7, 11) is -4.29. The van der Waals surface area contributed by atoms with Gasteiger partial charge in [-0.25, -0.2) is 0 Å². The summed E-state index contributed by atoms with van der Waals surface area (Å²) >= 11 is 53.5. The first kappa shape index (κ1) is 42.6. The second-order valence-corrected chi connectivity index (χ2v) is 24.7. The molecule has 0 aliphatic carbocycles. The van der Waals surface area contributed by atoms with Gasteiger partial charge >= 0.3 is 397 Å². The molecule has 0 radical (unpaired) electrons. The summed E-state index contributed by atoms with van der Waals surface area (Å²) in [5.41, 5.74) is 0.373. The molecule has 0 bridgehead atoms. The van der Waals surface area contributed by atoms with Crippen LogP contribution in [-0.4, -0.2) is 71.8 Å². The summed E-state index contributed by atoms with van der Waals surface area (Å²) in [6, 6.07) is 21.5. The molecule has 4 heterocycles.